The van der Waals surface area contributed by atoms with E-state index in [9.17, 15) is 14.7 Å². The van der Waals surface area contributed by atoms with Crippen LogP contribution in [0.3, 0.4) is 0 Å². The first-order valence-electron chi connectivity index (χ1n) is 10.8. The molecule has 1 aliphatic rings. The molecular weight excluding hydrogens is 414 g/mol. The predicted octanol–water partition coefficient (Wildman–Crippen LogP) is 4.40. The number of nitrogens with one attached hydrogen (secondary N) is 1. The van der Waals surface area contributed by atoms with Crippen molar-refractivity contribution in [2.45, 2.75) is 78.6 Å². The third kappa shape index (κ3) is 5.99. The Kier molecular flexibility index (Phi) is 7.06. The molecule has 0 bridgehead atoms. The van der Waals surface area contributed by atoms with Crippen LogP contribution in [-0.4, -0.2) is 39.0 Å². The van der Waals surface area contributed by atoms with Gasteiger partial charge in [0.1, 0.15) is 18.1 Å². The van der Waals surface area contributed by atoms with E-state index in [0.717, 1.165) is 12.8 Å². The molecule has 0 saturated heterocycles. The second-order valence-corrected chi connectivity index (χ2v) is 9.25. The van der Waals surface area contributed by atoms with Gasteiger partial charge in [0.15, 0.2) is 5.76 Å². The molecule has 1 saturated carbocycles. The molecular formula is C23H31N3O6. The molecule has 2 N–H and O–H groups in total. The van der Waals surface area contributed by atoms with Crippen molar-refractivity contribution in [3.05, 3.63) is 29.1 Å². The number of aromatic nitrogens is 2. The molecule has 0 aliphatic heterocycles. The number of amides is 1. The van der Waals surface area contributed by atoms with Crippen molar-refractivity contribution in [2.75, 3.05) is 0 Å². The van der Waals surface area contributed by atoms with Gasteiger partial charge in [-0.25, -0.2) is 9.78 Å². The summed E-state index contributed by atoms with van der Waals surface area (Å²) in [5.41, 5.74) is 2.07. The van der Waals surface area contributed by atoms with Crippen molar-refractivity contribution >= 4 is 12.1 Å². The first-order chi connectivity index (χ1) is 15.0. The van der Waals surface area contributed by atoms with Crippen molar-refractivity contribution in [2.24, 2.45) is 5.92 Å². The summed E-state index contributed by atoms with van der Waals surface area (Å²) in [6.45, 7) is 9.22. The summed E-state index contributed by atoms with van der Waals surface area (Å²) in [4.78, 5) is 27.9. The zero-order chi connectivity index (χ0) is 23.5. The third-order valence-electron chi connectivity index (χ3n) is 5.35. The van der Waals surface area contributed by atoms with E-state index in [2.05, 4.69) is 15.5 Å². The summed E-state index contributed by atoms with van der Waals surface area (Å²) in [5, 5.41) is 16.0. The fraction of sp³-hybridized carbons (Fsp3) is 0.565. The maximum absolute atomic E-state index is 12.0. The lowest BCUT2D eigenvalue weighted by molar-refractivity contribution is -0.143. The number of ether oxygens (including phenoxy) is 2. The summed E-state index contributed by atoms with van der Waals surface area (Å²) < 4.78 is 16.9. The lowest BCUT2D eigenvalue weighted by Gasteiger charge is -2.27. The number of alkyl carbamates (subject to hydrolysis) is 1. The van der Waals surface area contributed by atoms with Gasteiger partial charge in [0.05, 0.1) is 29.0 Å². The highest BCUT2D eigenvalue weighted by Crippen LogP contribution is 2.31. The van der Waals surface area contributed by atoms with E-state index in [0.29, 0.717) is 47.0 Å². The molecule has 9 nitrogen and oxygen atoms in total. The fourth-order valence-electron chi connectivity index (χ4n) is 3.70. The van der Waals surface area contributed by atoms with Crippen molar-refractivity contribution in [1.82, 2.24) is 15.5 Å². The molecule has 2 atom stereocenters. The number of carbonyl (C=O) groups is 2. The smallest absolute Gasteiger partial charge is 0.407 e. The van der Waals surface area contributed by atoms with Gasteiger partial charge in [-0.15, -0.1) is 0 Å². The van der Waals surface area contributed by atoms with Gasteiger partial charge in [-0.05, 0) is 72.4 Å². The largest absolute Gasteiger partial charge is 0.489 e. The molecule has 0 spiro atoms. The molecule has 0 radical (unpaired) electrons. The van der Waals surface area contributed by atoms with Crippen LogP contribution >= 0.6 is 0 Å². The Morgan fingerprint density at radius 1 is 1.22 bits per heavy atom. The number of hydrogen-bond donors (Lipinski definition) is 2. The number of carboxylic acid groups (broad SMARTS) is 1. The van der Waals surface area contributed by atoms with E-state index in [1.165, 1.54) is 0 Å². The fourth-order valence-corrected chi connectivity index (χ4v) is 3.70. The Hall–Kier alpha value is -3.10. The van der Waals surface area contributed by atoms with E-state index in [-0.39, 0.29) is 18.6 Å². The number of hydrogen-bond acceptors (Lipinski definition) is 7. The average molecular weight is 446 g/mol. The molecule has 3 rings (SSSR count). The van der Waals surface area contributed by atoms with Gasteiger partial charge < -0.3 is 24.4 Å². The van der Waals surface area contributed by atoms with Gasteiger partial charge in [0.25, 0.3) is 0 Å². The van der Waals surface area contributed by atoms with Gasteiger partial charge in [-0.2, -0.15) is 0 Å². The number of nitrogens with zero attached hydrogens (tertiary/aromatic N) is 2. The molecule has 174 valence electrons. The number of pyridine rings is 1. The third-order valence-corrected chi connectivity index (χ3v) is 5.35. The first-order valence-corrected chi connectivity index (χ1v) is 10.8. The maximum atomic E-state index is 12.0. The Bertz CT molecular complexity index is 979. The zero-order valence-electron chi connectivity index (χ0n) is 19.2. The lowest BCUT2D eigenvalue weighted by atomic mass is 9.87. The molecule has 1 fully saturated rings. The summed E-state index contributed by atoms with van der Waals surface area (Å²) in [7, 11) is 0. The van der Waals surface area contributed by atoms with Crippen molar-refractivity contribution in [3.8, 4) is 17.2 Å². The minimum absolute atomic E-state index is 0.00418. The van der Waals surface area contributed by atoms with Crippen LogP contribution in [0.5, 0.6) is 5.75 Å². The second kappa shape index (κ2) is 9.58. The van der Waals surface area contributed by atoms with Crippen LogP contribution < -0.4 is 10.1 Å². The number of rotatable bonds is 6. The second-order valence-electron chi connectivity index (χ2n) is 9.25. The lowest BCUT2D eigenvalue weighted by Crippen LogP contribution is -2.40. The first kappa shape index (κ1) is 23.6. The maximum Gasteiger partial charge on any atom is 0.407 e. The molecule has 0 unspecified atom stereocenters. The molecule has 2 heterocycles. The predicted molar refractivity (Wildman–Crippen MR) is 116 cm³/mol. The van der Waals surface area contributed by atoms with Crippen LogP contribution in [0.25, 0.3) is 11.5 Å². The minimum Gasteiger partial charge on any atom is -0.489 e. The highest BCUT2D eigenvalue weighted by molar-refractivity contribution is 5.70. The number of aliphatic carboxylic acids is 1. The van der Waals surface area contributed by atoms with Crippen molar-refractivity contribution < 1.29 is 28.7 Å². The summed E-state index contributed by atoms with van der Waals surface area (Å²) in [6, 6.07) is 3.56. The van der Waals surface area contributed by atoms with E-state index >= 15 is 0 Å². The SMILES string of the molecule is Cc1nc(-c2onc(C)c2COC(=O)NC(C)(C)C)ccc1O[C@H]1CCC[C@H](C(=O)O)C1. The standard InChI is InChI=1S/C23H31N3O6/c1-13-17(12-30-22(29)25-23(3,4)5)20(32-26-13)18-9-10-19(14(2)24-18)31-16-8-6-7-15(11-16)21(27)28/h9-10,15-16H,6-8,11-12H2,1-5H3,(H,25,29)(H,27,28)/t15-,16-/m0/s1. The van der Waals surface area contributed by atoms with E-state index in [1.807, 2.05) is 27.7 Å². The molecule has 32 heavy (non-hydrogen) atoms. The number of carbonyl (C=O) groups excluding carboxylic acids is 1. The van der Waals surface area contributed by atoms with Gasteiger partial charge in [-0.1, -0.05) is 5.16 Å². The van der Waals surface area contributed by atoms with Crippen molar-refractivity contribution in [3.63, 3.8) is 0 Å². The normalized spacial score (nSPS) is 18.8. The van der Waals surface area contributed by atoms with Crippen LogP contribution in [0.2, 0.25) is 0 Å². The van der Waals surface area contributed by atoms with Crippen LogP contribution in [0.4, 0.5) is 4.79 Å². The van der Waals surface area contributed by atoms with Crippen LogP contribution in [0.15, 0.2) is 16.7 Å². The Balaban J connectivity index is 1.71. The highest BCUT2D eigenvalue weighted by atomic mass is 16.5. The van der Waals surface area contributed by atoms with Gasteiger partial charge in [0, 0.05) is 5.54 Å². The number of carboxylic acids is 1. The highest BCUT2D eigenvalue weighted by Gasteiger charge is 2.28. The molecule has 0 aromatic carbocycles. The average Bonchev–Trinajstić information content (AvgIpc) is 3.07. The van der Waals surface area contributed by atoms with E-state index in [1.54, 1.807) is 19.1 Å². The molecule has 2 aromatic rings. The Morgan fingerprint density at radius 3 is 2.62 bits per heavy atom. The quantitative estimate of drug-likeness (QED) is 0.670. The van der Waals surface area contributed by atoms with Crippen LogP contribution in [-0.2, 0) is 16.1 Å². The van der Waals surface area contributed by atoms with E-state index in [4.69, 9.17) is 14.0 Å². The minimum atomic E-state index is -0.768. The monoisotopic (exact) mass is 445 g/mol. The Labute approximate surface area is 187 Å². The molecule has 9 heteroatoms. The van der Waals surface area contributed by atoms with Crippen LogP contribution in [0, 0.1) is 19.8 Å². The summed E-state index contributed by atoms with van der Waals surface area (Å²) in [6.07, 6.45) is 2.17. The topological polar surface area (TPSA) is 124 Å². The van der Waals surface area contributed by atoms with Crippen molar-refractivity contribution in [1.29, 1.82) is 0 Å². The number of aryl methyl sites for hydroxylation is 2. The molecule has 2 aromatic heterocycles. The van der Waals surface area contributed by atoms with E-state index < -0.39 is 17.6 Å². The molecule has 1 amide bonds. The zero-order valence-corrected chi connectivity index (χ0v) is 19.2. The summed E-state index contributed by atoms with van der Waals surface area (Å²) >= 11 is 0. The van der Waals surface area contributed by atoms with Gasteiger partial charge in [-0.3, -0.25) is 4.79 Å². The molecule has 1 aliphatic carbocycles. The van der Waals surface area contributed by atoms with Gasteiger partial charge >= 0.3 is 12.1 Å². The Morgan fingerprint density at radius 2 is 1.97 bits per heavy atom. The summed E-state index contributed by atoms with van der Waals surface area (Å²) in [5.74, 6) is -0.0840. The van der Waals surface area contributed by atoms with Crippen LogP contribution in [0.1, 0.15) is 63.4 Å². The van der Waals surface area contributed by atoms with Gasteiger partial charge in [0.2, 0.25) is 0 Å².